The standard InChI is InChI=1S/C27H32N2O2/c1-3-18-20-13-25-26-21(19-11-7-8-12-23(19)28(26)2)14-24(22(20)16-31-27(18)30)29(25)15-17-9-5-4-6-10-17/h4-12,18,20,22,24-25,27,30H,3,13-16H2,1-2H3/t18-,20-,22+,24-,25-,27?/m0/s1. The summed E-state index contributed by atoms with van der Waals surface area (Å²) in [4.78, 5) is 2.76. The topological polar surface area (TPSA) is 37.6 Å². The number of benzene rings is 2. The molecule has 4 heterocycles. The van der Waals surface area contributed by atoms with E-state index in [1.807, 2.05) is 0 Å². The summed E-state index contributed by atoms with van der Waals surface area (Å²) in [7, 11) is 2.24. The lowest BCUT2D eigenvalue weighted by atomic mass is 9.64. The molecule has 2 fully saturated rings. The fourth-order valence-corrected chi connectivity index (χ4v) is 7.01. The van der Waals surface area contributed by atoms with Crippen LogP contribution in [0.2, 0.25) is 0 Å². The van der Waals surface area contributed by atoms with E-state index < -0.39 is 6.29 Å². The lowest BCUT2D eigenvalue weighted by molar-refractivity contribution is -0.225. The summed E-state index contributed by atoms with van der Waals surface area (Å²) in [5, 5.41) is 12.0. The molecule has 3 aliphatic rings. The van der Waals surface area contributed by atoms with Gasteiger partial charge in [-0.2, -0.15) is 0 Å². The number of aliphatic hydroxyl groups is 1. The molecule has 2 bridgehead atoms. The molecule has 0 spiro atoms. The Bertz CT molecular complexity index is 1090. The number of piperidine rings is 1. The van der Waals surface area contributed by atoms with Crippen LogP contribution in [-0.4, -0.2) is 33.5 Å². The molecule has 6 atom stereocenters. The van der Waals surface area contributed by atoms with Crippen molar-refractivity contribution in [3.05, 3.63) is 71.4 Å². The quantitative estimate of drug-likeness (QED) is 0.675. The Labute approximate surface area is 184 Å². The molecule has 2 aromatic carbocycles. The second-order valence-corrected chi connectivity index (χ2v) is 9.74. The highest BCUT2D eigenvalue weighted by molar-refractivity contribution is 5.86. The van der Waals surface area contributed by atoms with Crippen LogP contribution < -0.4 is 0 Å². The fraction of sp³-hybridized carbons (Fsp3) is 0.481. The molecule has 1 unspecified atom stereocenters. The highest BCUT2D eigenvalue weighted by Crippen LogP contribution is 2.53. The fourth-order valence-electron chi connectivity index (χ4n) is 7.01. The van der Waals surface area contributed by atoms with Gasteiger partial charge in [-0.15, -0.1) is 0 Å². The van der Waals surface area contributed by atoms with E-state index in [4.69, 9.17) is 4.74 Å². The Hall–Kier alpha value is -2.14. The van der Waals surface area contributed by atoms with Crippen LogP contribution >= 0.6 is 0 Å². The first kappa shape index (κ1) is 19.5. The van der Waals surface area contributed by atoms with Gasteiger partial charge < -0.3 is 14.4 Å². The Morgan fingerprint density at radius 1 is 1.03 bits per heavy atom. The Morgan fingerprint density at radius 3 is 2.61 bits per heavy atom. The van der Waals surface area contributed by atoms with E-state index in [0.717, 1.165) is 25.8 Å². The number of nitrogens with zero attached hydrogens (tertiary/aromatic N) is 2. The van der Waals surface area contributed by atoms with Crippen LogP contribution in [0.5, 0.6) is 0 Å². The number of fused-ring (bicyclic) bond motifs is 8. The molecule has 0 aliphatic carbocycles. The summed E-state index contributed by atoms with van der Waals surface area (Å²) < 4.78 is 8.39. The van der Waals surface area contributed by atoms with E-state index in [-0.39, 0.29) is 5.92 Å². The van der Waals surface area contributed by atoms with Crippen LogP contribution in [0, 0.1) is 17.8 Å². The van der Waals surface area contributed by atoms with Gasteiger partial charge in [-0.25, -0.2) is 0 Å². The highest BCUT2D eigenvalue weighted by Gasteiger charge is 2.53. The molecular weight excluding hydrogens is 384 g/mol. The number of hydrogen-bond acceptors (Lipinski definition) is 3. The third-order valence-electron chi connectivity index (χ3n) is 8.41. The van der Waals surface area contributed by atoms with Crippen molar-refractivity contribution >= 4 is 10.9 Å². The molecule has 1 N–H and O–H groups in total. The summed E-state index contributed by atoms with van der Waals surface area (Å²) in [5.41, 5.74) is 5.74. The molecule has 0 saturated carbocycles. The third-order valence-corrected chi connectivity index (χ3v) is 8.41. The normalized spacial score (nSPS) is 32.6. The number of aliphatic hydroxyl groups excluding tert-OH is 1. The van der Waals surface area contributed by atoms with Crippen molar-refractivity contribution in [1.82, 2.24) is 9.47 Å². The molecule has 4 heteroatoms. The predicted octanol–water partition coefficient (Wildman–Crippen LogP) is 4.66. The smallest absolute Gasteiger partial charge is 0.157 e. The minimum Gasteiger partial charge on any atom is -0.368 e. The van der Waals surface area contributed by atoms with Crippen molar-refractivity contribution < 1.29 is 9.84 Å². The van der Waals surface area contributed by atoms with E-state index in [2.05, 4.69) is 78.0 Å². The first-order valence-corrected chi connectivity index (χ1v) is 11.8. The molecule has 3 aromatic rings. The van der Waals surface area contributed by atoms with Crippen LogP contribution in [0.15, 0.2) is 54.6 Å². The number of rotatable bonds is 3. The molecule has 162 valence electrons. The van der Waals surface area contributed by atoms with Crippen molar-refractivity contribution in [3.63, 3.8) is 0 Å². The van der Waals surface area contributed by atoms with Gasteiger partial charge in [-0.05, 0) is 42.4 Å². The Kier molecular flexibility index (Phi) is 4.71. The minimum atomic E-state index is -0.611. The molecule has 4 nitrogen and oxygen atoms in total. The van der Waals surface area contributed by atoms with Gasteiger partial charge in [0.1, 0.15) is 0 Å². The number of aromatic nitrogens is 1. The minimum absolute atomic E-state index is 0.235. The van der Waals surface area contributed by atoms with Gasteiger partial charge in [0.2, 0.25) is 0 Å². The average molecular weight is 417 g/mol. The lowest BCUT2D eigenvalue weighted by Gasteiger charge is -2.57. The molecule has 3 aliphatic heterocycles. The Balaban J connectivity index is 1.49. The molecule has 0 amide bonds. The first-order valence-electron chi connectivity index (χ1n) is 11.8. The van der Waals surface area contributed by atoms with E-state index >= 15 is 0 Å². The first-order chi connectivity index (χ1) is 15.2. The van der Waals surface area contributed by atoms with Crippen LogP contribution in [0.3, 0.4) is 0 Å². The molecular formula is C27H32N2O2. The zero-order valence-electron chi connectivity index (χ0n) is 18.4. The average Bonchev–Trinajstić information content (AvgIpc) is 3.07. The van der Waals surface area contributed by atoms with E-state index in [1.165, 1.54) is 27.7 Å². The molecule has 0 radical (unpaired) electrons. The second-order valence-electron chi connectivity index (χ2n) is 9.74. The molecule has 1 aromatic heterocycles. The van der Waals surface area contributed by atoms with Crippen LogP contribution in [0.25, 0.3) is 10.9 Å². The number of aryl methyl sites for hydroxylation is 1. The summed E-state index contributed by atoms with van der Waals surface area (Å²) in [6, 6.07) is 20.6. The van der Waals surface area contributed by atoms with E-state index in [1.54, 1.807) is 0 Å². The number of ether oxygens (including phenoxy) is 1. The molecule has 6 rings (SSSR count). The van der Waals surface area contributed by atoms with E-state index in [9.17, 15) is 5.11 Å². The van der Waals surface area contributed by atoms with Gasteiger partial charge in [0.05, 0.1) is 12.6 Å². The zero-order valence-corrected chi connectivity index (χ0v) is 18.4. The largest absolute Gasteiger partial charge is 0.368 e. The van der Waals surface area contributed by atoms with Crippen LogP contribution in [0.4, 0.5) is 0 Å². The zero-order chi connectivity index (χ0) is 21.1. The SMILES string of the molecule is CC[C@@H]1C(O)OC[C@@H]2[C@H]1C[C@H]1c3c(c4ccccc4n3C)C[C@@H]2N1Cc1ccccc1. The van der Waals surface area contributed by atoms with Gasteiger partial charge in [0, 0.05) is 48.1 Å². The second kappa shape index (κ2) is 7.47. The van der Waals surface area contributed by atoms with Gasteiger partial charge >= 0.3 is 0 Å². The number of para-hydroxylation sites is 1. The Morgan fingerprint density at radius 2 is 1.81 bits per heavy atom. The maximum absolute atomic E-state index is 10.6. The van der Waals surface area contributed by atoms with Crippen molar-refractivity contribution in [2.45, 2.75) is 51.1 Å². The van der Waals surface area contributed by atoms with Gasteiger partial charge in [-0.3, -0.25) is 4.90 Å². The van der Waals surface area contributed by atoms with Gasteiger partial charge in [-0.1, -0.05) is 55.5 Å². The summed E-state index contributed by atoms with van der Waals surface area (Å²) in [6.45, 7) is 3.85. The number of hydrogen-bond donors (Lipinski definition) is 1. The van der Waals surface area contributed by atoms with Gasteiger partial charge in [0.15, 0.2) is 6.29 Å². The summed E-state index contributed by atoms with van der Waals surface area (Å²) in [6.07, 6.45) is 2.53. The predicted molar refractivity (Wildman–Crippen MR) is 122 cm³/mol. The lowest BCUT2D eigenvalue weighted by Crippen LogP contribution is -2.59. The van der Waals surface area contributed by atoms with Crippen LogP contribution in [0.1, 0.15) is 42.6 Å². The monoisotopic (exact) mass is 416 g/mol. The summed E-state index contributed by atoms with van der Waals surface area (Å²) in [5.74, 6) is 1.22. The third kappa shape index (κ3) is 2.92. The van der Waals surface area contributed by atoms with Gasteiger partial charge in [0.25, 0.3) is 0 Å². The maximum Gasteiger partial charge on any atom is 0.157 e. The van der Waals surface area contributed by atoms with Crippen molar-refractivity contribution in [2.75, 3.05) is 6.61 Å². The van der Waals surface area contributed by atoms with Crippen molar-refractivity contribution in [2.24, 2.45) is 24.8 Å². The van der Waals surface area contributed by atoms with Crippen molar-refractivity contribution in [1.29, 1.82) is 0 Å². The maximum atomic E-state index is 10.6. The molecule has 2 saturated heterocycles. The summed E-state index contributed by atoms with van der Waals surface area (Å²) >= 11 is 0. The highest BCUT2D eigenvalue weighted by atomic mass is 16.6. The molecule has 31 heavy (non-hydrogen) atoms. The van der Waals surface area contributed by atoms with Crippen LogP contribution in [-0.2, 0) is 24.8 Å². The van der Waals surface area contributed by atoms with E-state index in [0.29, 0.717) is 30.5 Å². The van der Waals surface area contributed by atoms with Crippen molar-refractivity contribution in [3.8, 4) is 0 Å².